The molecule has 2 heteroatoms. The Morgan fingerprint density at radius 1 is 0.842 bits per heavy atom. The fourth-order valence-electron chi connectivity index (χ4n) is 2.25. The van der Waals surface area contributed by atoms with Gasteiger partial charge in [0, 0.05) is 0 Å². The van der Waals surface area contributed by atoms with Crippen LogP contribution in [0.4, 0.5) is 0 Å². The topological polar surface area (TPSA) is 0 Å². The molecule has 0 heterocycles. The smallest absolute Gasteiger partial charge is 1.00 e. The average Bonchev–Trinajstić information content (AvgIpc) is 2.35. The van der Waals surface area contributed by atoms with Gasteiger partial charge in [-0.1, -0.05) is 70.8 Å². The molecule has 0 aromatic heterocycles. The number of halogens is 1. The molecule has 0 fully saturated rings. The van der Waals surface area contributed by atoms with Gasteiger partial charge in [0.1, 0.15) is 0 Å². The van der Waals surface area contributed by atoms with Crippen LogP contribution < -0.4 is 12.4 Å². The summed E-state index contributed by atoms with van der Waals surface area (Å²) in [4.78, 5) is 0. The summed E-state index contributed by atoms with van der Waals surface area (Å²) < 4.78 is 0. The number of hydrogen-bond acceptors (Lipinski definition) is 0. The van der Waals surface area contributed by atoms with E-state index in [1.54, 1.807) is 0 Å². The SMILES string of the molecule is [CH2-]c1ccccc1CCCCCCCCCC.[Cl-].[Mg+2]. The summed E-state index contributed by atoms with van der Waals surface area (Å²) in [7, 11) is 0. The minimum Gasteiger partial charge on any atom is -1.00 e. The summed E-state index contributed by atoms with van der Waals surface area (Å²) in [5.74, 6) is 0. The molecule has 0 radical (unpaired) electrons. The second-order valence-electron chi connectivity index (χ2n) is 4.99. The van der Waals surface area contributed by atoms with Gasteiger partial charge in [-0.05, 0) is 0 Å². The van der Waals surface area contributed by atoms with Crippen molar-refractivity contribution in [2.75, 3.05) is 0 Å². The summed E-state index contributed by atoms with van der Waals surface area (Å²) in [6.45, 7) is 6.34. The van der Waals surface area contributed by atoms with Gasteiger partial charge in [0.2, 0.25) is 0 Å². The van der Waals surface area contributed by atoms with Crippen LogP contribution >= 0.6 is 0 Å². The molecule has 0 spiro atoms. The van der Waals surface area contributed by atoms with E-state index >= 15 is 0 Å². The standard InChI is InChI=1S/C17H27.ClH.Mg/c1-3-4-5-6-7-8-9-10-14-17-15-12-11-13-16(17)2;;/h11-13,15H,2-10,14H2,1H3;1H;/q-1;;+2/p-1. The van der Waals surface area contributed by atoms with Crippen molar-refractivity contribution in [3.63, 3.8) is 0 Å². The third kappa shape index (κ3) is 10.6. The van der Waals surface area contributed by atoms with E-state index in [0.717, 1.165) is 0 Å². The van der Waals surface area contributed by atoms with Crippen LogP contribution in [0.3, 0.4) is 0 Å². The fraction of sp³-hybridized carbons (Fsp3) is 0.588. The molecule has 0 aliphatic rings. The van der Waals surface area contributed by atoms with Gasteiger partial charge in [-0.25, -0.2) is 0 Å². The first kappa shape index (κ1) is 21.4. The number of unbranched alkanes of at least 4 members (excludes halogenated alkanes) is 7. The van der Waals surface area contributed by atoms with Crippen molar-refractivity contribution in [2.45, 2.75) is 64.7 Å². The Balaban J connectivity index is 0. The van der Waals surface area contributed by atoms with Crippen molar-refractivity contribution in [3.8, 4) is 0 Å². The molecular formula is C17H27ClMg. The molecule has 0 unspecified atom stereocenters. The van der Waals surface area contributed by atoms with E-state index in [1.807, 2.05) is 0 Å². The Morgan fingerprint density at radius 3 is 1.95 bits per heavy atom. The van der Waals surface area contributed by atoms with Crippen LogP contribution in [0.15, 0.2) is 24.3 Å². The molecule has 1 aromatic rings. The average molecular weight is 291 g/mol. The van der Waals surface area contributed by atoms with Gasteiger partial charge in [-0.2, -0.15) is 18.6 Å². The van der Waals surface area contributed by atoms with Gasteiger partial charge < -0.3 is 12.4 Å². The molecule has 0 atom stereocenters. The van der Waals surface area contributed by atoms with Crippen LogP contribution in [0.2, 0.25) is 0 Å². The molecule has 19 heavy (non-hydrogen) atoms. The molecule has 1 aromatic carbocycles. The van der Waals surface area contributed by atoms with Crippen molar-refractivity contribution in [1.29, 1.82) is 0 Å². The van der Waals surface area contributed by atoms with Gasteiger partial charge in [0.25, 0.3) is 0 Å². The Hall–Kier alpha value is 0.146. The Morgan fingerprint density at radius 2 is 1.37 bits per heavy atom. The third-order valence-electron chi connectivity index (χ3n) is 3.42. The molecular weight excluding hydrogens is 264 g/mol. The Bertz CT molecular complexity index is 299. The third-order valence-corrected chi connectivity index (χ3v) is 3.42. The van der Waals surface area contributed by atoms with E-state index in [0.29, 0.717) is 0 Å². The zero-order valence-corrected chi connectivity index (χ0v) is 14.6. The second-order valence-corrected chi connectivity index (χ2v) is 4.99. The minimum absolute atomic E-state index is 0. The van der Waals surface area contributed by atoms with E-state index in [1.165, 1.54) is 68.9 Å². The van der Waals surface area contributed by atoms with Crippen molar-refractivity contribution in [2.24, 2.45) is 0 Å². The maximum absolute atomic E-state index is 4.07. The van der Waals surface area contributed by atoms with Gasteiger partial charge >= 0.3 is 23.1 Å². The van der Waals surface area contributed by atoms with Crippen LogP contribution in [0.1, 0.15) is 69.4 Å². The van der Waals surface area contributed by atoms with Gasteiger partial charge in [-0.15, -0.1) is 17.7 Å². The van der Waals surface area contributed by atoms with Gasteiger partial charge in [0.05, 0.1) is 0 Å². The van der Waals surface area contributed by atoms with Crippen LogP contribution in [-0.4, -0.2) is 23.1 Å². The fourth-order valence-corrected chi connectivity index (χ4v) is 2.25. The van der Waals surface area contributed by atoms with Crippen LogP contribution in [0.5, 0.6) is 0 Å². The first-order chi connectivity index (χ1) is 8.34. The second kappa shape index (κ2) is 14.6. The maximum atomic E-state index is 4.07. The quantitative estimate of drug-likeness (QED) is 0.372. The Labute approximate surface area is 142 Å². The Kier molecular flexibility index (Phi) is 16.4. The molecule has 0 bridgehead atoms. The predicted molar refractivity (Wildman–Crippen MR) is 83.0 cm³/mol. The van der Waals surface area contributed by atoms with Crippen LogP contribution in [0, 0.1) is 6.92 Å². The van der Waals surface area contributed by atoms with Gasteiger partial charge in [-0.3, -0.25) is 0 Å². The van der Waals surface area contributed by atoms with Gasteiger partial charge in [0.15, 0.2) is 0 Å². The number of hydrogen-bond donors (Lipinski definition) is 0. The molecule has 0 amide bonds. The summed E-state index contributed by atoms with van der Waals surface area (Å²) in [5, 5.41) is 0. The van der Waals surface area contributed by atoms with E-state index in [4.69, 9.17) is 0 Å². The number of benzene rings is 1. The van der Waals surface area contributed by atoms with E-state index in [-0.39, 0.29) is 35.5 Å². The zero-order valence-electron chi connectivity index (χ0n) is 12.5. The van der Waals surface area contributed by atoms with Crippen molar-refractivity contribution < 1.29 is 12.4 Å². The normalized spacial score (nSPS) is 9.53. The summed E-state index contributed by atoms with van der Waals surface area (Å²) >= 11 is 0. The van der Waals surface area contributed by atoms with E-state index in [9.17, 15) is 0 Å². The van der Waals surface area contributed by atoms with E-state index in [2.05, 4.69) is 38.1 Å². The maximum Gasteiger partial charge on any atom is 2.00 e. The number of aryl methyl sites for hydroxylation is 1. The molecule has 0 aliphatic heterocycles. The van der Waals surface area contributed by atoms with Crippen molar-refractivity contribution in [1.82, 2.24) is 0 Å². The van der Waals surface area contributed by atoms with Crippen molar-refractivity contribution >= 4 is 23.1 Å². The molecule has 0 N–H and O–H groups in total. The minimum atomic E-state index is 0. The monoisotopic (exact) mass is 290 g/mol. The van der Waals surface area contributed by atoms with Crippen LogP contribution in [0.25, 0.3) is 0 Å². The number of rotatable bonds is 9. The van der Waals surface area contributed by atoms with E-state index < -0.39 is 0 Å². The first-order valence-electron chi connectivity index (χ1n) is 7.24. The summed E-state index contributed by atoms with van der Waals surface area (Å²) in [6.07, 6.45) is 12.3. The molecule has 104 valence electrons. The first-order valence-corrected chi connectivity index (χ1v) is 7.24. The molecule has 0 aliphatic carbocycles. The van der Waals surface area contributed by atoms with Crippen LogP contribution in [-0.2, 0) is 6.42 Å². The molecule has 0 nitrogen and oxygen atoms in total. The predicted octanol–water partition coefficient (Wildman–Crippen LogP) is 2.18. The summed E-state index contributed by atoms with van der Waals surface area (Å²) in [6, 6.07) is 8.51. The molecule has 1 rings (SSSR count). The largest absolute Gasteiger partial charge is 2.00 e. The zero-order chi connectivity index (χ0) is 12.3. The molecule has 0 saturated carbocycles. The van der Waals surface area contributed by atoms with Crippen molar-refractivity contribution in [3.05, 3.63) is 42.3 Å². The summed E-state index contributed by atoms with van der Waals surface area (Å²) in [5.41, 5.74) is 2.63. The molecule has 0 saturated heterocycles.